The Morgan fingerprint density at radius 1 is 1.27 bits per heavy atom. The van der Waals surface area contributed by atoms with Crippen molar-refractivity contribution in [1.29, 1.82) is 0 Å². The van der Waals surface area contributed by atoms with E-state index < -0.39 is 10.0 Å². The lowest BCUT2D eigenvalue weighted by atomic mass is 9.94. The lowest BCUT2D eigenvalue weighted by molar-refractivity contribution is -0.117. The van der Waals surface area contributed by atoms with E-state index in [2.05, 4.69) is 11.2 Å². The Balaban J connectivity index is 1.71. The first-order valence-corrected chi connectivity index (χ1v) is 12.1. The van der Waals surface area contributed by atoms with Crippen molar-refractivity contribution in [2.45, 2.75) is 43.0 Å². The average molecular weight is 454 g/mol. The van der Waals surface area contributed by atoms with E-state index >= 15 is 0 Å². The fourth-order valence-electron chi connectivity index (χ4n) is 3.95. The smallest absolute Gasteiger partial charge is 0.243 e. The minimum atomic E-state index is -3.68. The van der Waals surface area contributed by atoms with Crippen molar-refractivity contribution in [3.63, 3.8) is 0 Å². The molecule has 1 amide bonds. The van der Waals surface area contributed by atoms with E-state index in [0.29, 0.717) is 38.9 Å². The van der Waals surface area contributed by atoms with Crippen LogP contribution in [-0.2, 0) is 19.6 Å². The number of nitrogens with zero attached hydrogens (tertiary/aromatic N) is 2. The van der Waals surface area contributed by atoms with Crippen LogP contribution in [0, 0.1) is 12.3 Å². The largest absolute Gasteiger partial charge is 0.379 e. The Morgan fingerprint density at radius 2 is 1.97 bits per heavy atom. The molecule has 2 aliphatic rings. The van der Waals surface area contributed by atoms with Crippen molar-refractivity contribution in [2.75, 3.05) is 44.7 Å². The molecule has 1 aliphatic carbocycles. The van der Waals surface area contributed by atoms with Crippen molar-refractivity contribution < 1.29 is 17.9 Å². The molecule has 164 valence electrons. The summed E-state index contributed by atoms with van der Waals surface area (Å²) in [6, 6.07) is 4.65. The van der Waals surface area contributed by atoms with E-state index in [9.17, 15) is 13.2 Å². The molecule has 0 atom stereocenters. The Morgan fingerprint density at radius 3 is 2.63 bits per heavy atom. The summed E-state index contributed by atoms with van der Waals surface area (Å²) >= 11 is 6.23. The summed E-state index contributed by atoms with van der Waals surface area (Å²) in [6.45, 7) is 1.87. The van der Waals surface area contributed by atoms with Crippen LogP contribution in [0.4, 0.5) is 5.69 Å². The maximum Gasteiger partial charge on any atom is 0.243 e. The number of carbonyl (C=O) groups excluding carboxylic acids is 1. The number of amides is 1. The van der Waals surface area contributed by atoms with Crippen LogP contribution >= 0.6 is 11.6 Å². The number of hydrogen-bond donors (Lipinski definition) is 1. The molecule has 0 aromatic heterocycles. The monoisotopic (exact) mass is 453 g/mol. The van der Waals surface area contributed by atoms with Crippen LogP contribution < -0.4 is 5.32 Å². The fourth-order valence-corrected chi connectivity index (χ4v) is 5.55. The molecule has 1 aliphatic heterocycles. The van der Waals surface area contributed by atoms with Gasteiger partial charge >= 0.3 is 0 Å². The van der Waals surface area contributed by atoms with Crippen LogP contribution in [-0.4, -0.2) is 69.0 Å². The standard InChI is InChI=1S/C21H28ClN3O4S/c1-2-10-24(17-6-4-3-5-7-17)16-21(26)23-20-15-18(8-9-19(20)22)30(27,28)25-11-13-29-14-12-25/h1,8-9,15,17H,3-7,10-14,16H2,(H,23,26). The Bertz CT molecular complexity index is 888. The van der Waals surface area contributed by atoms with Crippen molar-refractivity contribution in [1.82, 2.24) is 9.21 Å². The molecule has 0 radical (unpaired) electrons. The fraction of sp³-hybridized carbons (Fsp3) is 0.571. The maximum atomic E-state index is 12.9. The molecule has 2 fully saturated rings. The van der Waals surface area contributed by atoms with Crippen LogP contribution in [0.5, 0.6) is 0 Å². The van der Waals surface area contributed by atoms with Gasteiger partial charge in [0.15, 0.2) is 0 Å². The van der Waals surface area contributed by atoms with Gasteiger partial charge in [0.05, 0.1) is 41.9 Å². The number of morpholine rings is 1. The first-order valence-electron chi connectivity index (χ1n) is 10.3. The number of hydrogen-bond acceptors (Lipinski definition) is 5. The molecule has 3 rings (SSSR count). The Labute approximate surface area is 183 Å². The summed E-state index contributed by atoms with van der Waals surface area (Å²) in [4.78, 5) is 14.8. The number of nitrogens with one attached hydrogen (secondary N) is 1. The van der Waals surface area contributed by atoms with E-state index in [1.165, 1.54) is 28.9 Å². The van der Waals surface area contributed by atoms with E-state index in [0.717, 1.165) is 25.7 Å². The highest BCUT2D eigenvalue weighted by molar-refractivity contribution is 7.89. The van der Waals surface area contributed by atoms with Crippen LogP contribution in [0.3, 0.4) is 0 Å². The molecule has 0 unspecified atom stereocenters. The highest BCUT2D eigenvalue weighted by Crippen LogP contribution is 2.28. The number of benzene rings is 1. The van der Waals surface area contributed by atoms with Crippen molar-refractivity contribution >= 4 is 33.2 Å². The van der Waals surface area contributed by atoms with Gasteiger partial charge in [0.1, 0.15) is 0 Å². The molecule has 1 saturated carbocycles. The van der Waals surface area contributed by atoms with Gasteiger partial charge < -0.3 is 10.1 Å². The molecule has 9 heteroatoms. The van der Waals surface area contributed by atoms with Gasteiger partial charge in [-0.3, -0.25) is 9.69 Å². The number of sulfonamides is 1. The third kappa shape index (κ3) is 5.74. The van der Waals surface area contributed by atoms with Gasteiger partial charge in [0.2, 0.25) is 15.9 Å². The molecule has 1 aromatic rings. The van der Waals surface area contributed by atoms with Crippen LogP contribution in [0.25, 0.3) is 0 Å². The predicted octanol–water partition coefficient (Wildman–Crippen LogP) is 2.57. The van der Waals surface area contributed by atoms with Crippen LogP contribution in [0.1, 0.15) is 32.1 Å². The van der Waals surface area contributed by atoms with Gasteiger partial charge in [-0.2, -0.15) is 4.31 Å². The molecule has 30 heavy (non-hydrogen) atoms. The summed E-state index contributed by atoms with van der Waals surface area (Å²) in [6.07, 6.45) is 11.1. The second-order valence-corrected chi connectivity index (χ2v) is 9.95. The zero-order valence-electron chi connectivity index (χ0n) is 17.0. The van der Waals surface area contributed by atoms with Crippen LogP contribution in [0.15, 0.2) is 23.1 Å². The molecule has 1 heterocycles. The minimum absolute atomic E-state index is 0.0943. The van der Waals surface area contributed by atoms with E-state index in [1.54, 1.807) is 0 Å². The molecule has 1 aromatic carbocycles. The molecule has 1 N–H and O–H groups in total. The highest BCUT2D eigenvalue weighted by Gasteiger charge is 2.27. The number of rotatable bonds is 7. The first-order chi connectivity index (χ1) is 14.4. The third-order valence-electron chi connectivity index (χ3n) is 5.55. The third-order valence-corrected chi connectivity index (χ3v) is 7.78. The second kappa shape index (κ2) is 10.6. The topological polar surface area (TPSA) is 79.0 Å². The summed E-state index contributed by atoms with van der Waals surface area (Å²) in [7, 11) is -3.68. The van der Waals surface area contributed by atoms with Crippen molar-refractivity contribution in [2.24, 2.45) is 0 Å². The number of terminal acetylenes is 1. The summed E-state index contributed by atoms with van der Waals surface area (Å²) in [5.41, 5.74) is 0.278. The summed E-state index contributed by atoms with van der Waals surface area (Å²) < 4.78 is 32.4. The zero-order chi connectivity index (χ0) is 21.6. The average Bonchev–Trinajstić information content (AvgIpc) is 2.76. The first kappa shape index (κ1) is 23.0. The van der Waals surface area contributed by atoms with E-state index in [4.69, 9.17) is 22.8 Å². The molecular formula is C21H28ClN3O4S. The summed E-state index contributed by atoms with van der Waals surface area (Å²) in [5, 5.41) is 3.05. The highest BCUT2D eigenvalue weighted by atomic mass is 35.5. The number of carbonyl (C=O) groups is 1. The van der Waals surface area contributed by atoms with Gasteiger partial charge in [0.25, 0.3) is 0 Å². The molecule has 0 spiro atoms. The van der Waals surface area contributed by atoms with Gasteiger partial charge in [-0.1, -0.05) is 36.8 Å². The van der Waals surface area contributed by atoms with Crippen molar-refractivity contribution in [3.05, 3.63) is 23.2 Å². The molecular weight excluding hydrogens is 426 g/mol. The van der Waals surface area contributed by atoms with Gasteiger partial charge in [0, 0.05) is 19.1 Å². The summed E-state index contributed by atoms with van der Waals surface area (Å²) in [5.74, 6) is 2.37. The molecule has 0 bridgehead atoms. The van der Waals surface area contributed by atoms with Crippen molar-refractivity contribution in [3.8, 4) is 12.3 Å². The van der Waals surface area contributed by atoms with E-state index in [-0.39, 0.29) is 28.1 Å². The quantitative estimate of drug-likeness (QED) is 0.642. The lowest BCUT2D eigenvalue weighted by Gasteiger charge is -2.32. The molecule has 1 saturated heterocycles. The SMILES string of the molecule is C#CCN(CC(=O)Nc1cc(S(=O)(=O)N2CCOCC2)ccc1Cl)C1CCCCC1. The normalized spacial score (nSPS) is 18.8. The minimum Gasteiger partial charge on any atom is -0.379 e. The van der Waals surface area contributed by atoms with Gasteiger partial charge in [-0.15, -0.1) is 6.42 Å². The zero-order valence-corrected chi connectivity index (χ0v) is 18.6. The lowest BCUT2D eigenvalue weighted by Crippen LogP contribution is -2.42. The van der Waals surface area contributed by atoms with Gasteiger partial charge in [-0.25, -0.2) is 8.42 Å². The number of anilines is 1. The number of ether oxygens (including phenoxy) is 1. The second-order valence-electron chi connectivity index (χ2n) is 7.61. The maximum absolute atomic E-state index is 12.9. The molecule has 7 nitrogen and oxygen atoms in total. The van der Waals surface area contributed by atoms with Gasteiger partial charge in [-0.05, 0) is 31.0 Å². The Hall–Kier alpha value is -1.63. The Kier molecular flexibility index (Phi) is 8.14. The predicted molar refractivity (Wildman–Crippen MR) is 117 cm³/mol. The number of halogens is 1. The van der Waals surface area contributed by atoms with Crippen LogP contribution in [0.2, 0.25) is 5.02 Å². The van der Waals surface area contributed by atoms with E-state index in [1.807, 2.05) is 4.90 Å².